The van der Waals surface area contributed by atoms with E-state index in [-0.39, 0.29) is 10.8 Å². The predicted octanol–water partition coefficient (Wildman–Crippen LogP) is 0.994. The van der Waals surface area contributed by atoms with Crippen LogP contribution in [0.4, 0.5) is 0 Å². The van der Waals surface area contributed by atoms with Gasteiger partial charge in [-0.25, -0.2) is 0 Å². The molecule has 0 radical (unpaired) electrons. The van der Waals surface area contributed by atoms with Crippen LogP contribution in [-0.4, -0.2) is 45.3 Å². The van der Waals surface area contributed by atoms with Crippen molar-refractivity contribution in [2.45, 2.75) is 63.4 Å². The van der Waals surface area contributed by atoms with E-state index in [9.17, 15) is 15.3 Å². The number of hydrogen-bond donors (Lipinski definition) is 3. The van der Waals surface area contributed by atoms with Gasteiger partial charge in [-0.15, -0.1) is 0 Å². The van der Waals surface area contributed by atoms with Crippen molar-refractivity contribution in [3.05, 3.63) is 12.2 Å². The molecule has 1 saturated heterocycles. The molecule has 1 saturated carbocycles. The molecule has 6 unspecified atom stereocenters. The van der Waals surface area contributed by atoms with Gasteiger partial charge in [-0.3, -0.25) is 0 Å². The Morgan fingerprint density at radius 1 is 1.11 bits per heavy atom. The maximum Gasteiger partial charge on any atom is 0.126 e. The number of epoxide rings is 1. The second-order valence-electron chi connectivity index (χ2n) is 7.33. The number of aliphatic hydroxyl groups is 3. The molecule has 0 bridgehead atoms. The van der Waals surface area contributed by atoms with Gasteiger partial charge in [0.05, 0.1) is 18.3 Å². The van der Waals surface area contributed by atoms with Crippen LogP contribution in [0.5, 0.6) is 0 Å². The molecule has 0 aromatic carbocycles. The molecule has 0 aromatic heterocycles. The first-order valence-corrected chi connectivity index (χ1v) is 7.09. The summed E-state index contributed by atoms with van der Waals surface area (Å²) < 4.78 is 5.62. The lowest BCUT2D eigenvalue weighted by atomic mass is 9.55. The third-order valence-electron chi connectivity index (χ3n) is 6.07. The first-order valence-electron chi connectivity index (χ1n) is 7.09. The molecular formula is C15H24O4. The van der Waals surface area contributed by atoms with Gasteiger partial charge in [0.25, 0.3) is 0 Å². The smallest absolute Gasteiger partial charge is 0.126 e. The van der Waals surface area contributed by atoms with Crippen LogP contribution >= 0.6 is 0 Å². The minimum atomic E-state index is -0.801. The van der Waals surface area contributed by atoms with E-state index in [1.165, 1.54) is 0 Å². The molecule has 6 atom stereocenters. The molecule has 1 aliphatic heterocycles. The number of ether oxygens (including phenoxy) is 1. The van der Waals surface area contributed by atoms with E-state index < -0.39 is 23.4 Å². The third kappa shape index (κ3) is 1.60. The van der Waals surface area contributed by atoms with Crippen molar-refractivity contribution in [2.75, 3.05) is 6.61 Å². The fourth-order valence-electron chi connectivity index (χ4n) is 4.13. The van der Waals surface area contributed by atoms with Crippen molar-refractivity contribution in [1.29, 1.82) is 0 Å². The molecule has 3 aliphatic rings. The Kier molecular flexibility index (Phi) is 2.58. The summed E-state index contributed by atoms with van der Waals surface area (Å²) in [4.78, 5) is 0. The Bertz CT molecular complexity index is 426. The fourth-order valence-corrected chi connectivity index (χ4v) is 4.13. The second-order valence-corrected chi connectivity index (χ2v) is 7.33. The zero-order valence-electron chi connectivity index (χ0n) is 11.9. The summed E-state index contributed by atoms with van der Waals surface area (Å²) >= 11 is 0. The SMILES string of the molecule is CC1(O)C=CC(C)(C2(C)CC(O)C(O)C23CO3)CC1. The standard InChI is InChI=1S/C15H24O4/c1-12(4-6-13(2,18)7-5-12)14(3)8-10(16)11(17)15(14)9-19-15/h4,6,10-11,16-18H,5,7-9H2,1-3H3. The fraction of sp³-hybridized carbons (Fsp3) is 0.867. The molecule has 108 valence electrons. The van der Waals surface area contributed by atoms with E-state index in [1.807, 2.05) is 13.0 Å². The Labute approximate surface area is 114 Å². The third-order valence-corrected chi connectivity index (χ3v) is 6.07. The number of hydrogen-bond acceptors (Lipinski definition) is 4. The summed E-state index contributed by atoms with van der Waals surface area (Å²) in [6, 6.07) is 0. The quantitative estimate of drug-likeness (QED) is 0.490. The summed E-state index contributed by atoms with van der Waals surface area (Å²) in [6.07, 6.45) is 4.46. The van der Waals surface area contributed by atoms with Gasteiger partial charge in [-0.05, 0) is 31.6 Å². The van der Waals surface area contributed by atoms with E-state index in [2.05, 4.69) is 19.9 Å². The second kappa shape index (κ2) is 3.61. The lowest BCUT2D eigenvalue weighted by molar-refractivity contribution is -0.0359. The van der Waals surface area contributed by atoms with Gasteiger partial charge < -0.3 is 20.1 Å². The predicted molar refractivity (Wildman–Crippen MR) is 70.5 cm³/mol. The zero-order chi connectivity index (χ0) is 14.1. The van der Waals surface area contributed by atoms with Crippen LogP contribution in [0.2, 0.25) is 0 Å². The van der Waals surface area contributed by atoms with E-state index >= 15 is 0 Å². The van der Waals surface area contributed by atoms with Crippen molar-refractivity contribution in [2.24, 2.45) is 10.8 Å². The van der Waals surface area contributed by atoms with Crippen LogP contribution in [-0.2, 0) is 4.74 Å². The summed E-state index contributed by atoms with van der Waals surface area (Å²) in [5.74, 6) is 0. The molecular weight excluding hydrogens is 244 g/mol. The minimum absolute atomic E-state index is 0.176. The van der Waals surface area contributed by atoms with Gasteiger partial charge in [0.15, 0.2) is 0 Å². The average molecular weight is 268 g/mol. The maximum atomic E-state index is 10.2. The first kappa shape index (κ1) is 13.6. The largest absolute Gasteiger partial charge is 0.390 e. The van der Waals surface area contributed by atoms with Crippen LogP contribution in [0.1, 0.15) is 40.0 Å². The Morgan fingerprint density at radius 3 is 2.21 bits per heavy atom. The van der Waals surface area contributed by atoms with Crippen molar-refractivity contribution in [1.82, 2.24) is 0 Å². The van der Waals surface area contributed by atoms with Gasteiger partial charge in [-0.2, -0.15) is 0 Å². The highest BCUT2D eigenvalue weighted by Gasteiger charge is 2.74. The van der Waals surface area contributed by atoms with E-state index in [0.717, 1.165) is 6.42 Å². The van der Waals surface area contributed by atoms with Crippen LogP contribution in [0.15, 0.2) is 12.2 Å². The molecule has 0 aromatic rings. The van der Waals surface area contributed by atoms with Crippen LogP contribution < -0.4 is 0 Å². The summed E-state index contributed by atoms with van der Waals surface area (Å²) in [7, 11) is 0. The van der Waals surface area contributed by atoms with Gasteiger partial charge >= 0.3 is 0 Å². The Morgan fingerprint density at radius 2 is 1.74 bits per heavy atom. The Balaban J connectivity index is 1.98. The summed E-state index contributed by atoms with van der Waals surface area (Å²) in [5, 5.41) is 30.3. The lowest BCUT2D eigenvalue weighted by Gasteiger charge is -2.48. The van der Waals surface area contributed by atoms with Gasteiger partial charge in [-0.1, -0.05) is 26.0 Å². The highest BCUT2D eigenvalue weighted by atomic mass is 16.6. The van der Waals surface area contributed by atoms with Crippen molar-refractivity contribution in [3.63, 3.8) is 0 Å². The van der Waals surface area contributed by atoms with E-state index in [1.54, 1.807) is 0 Å². The van der Waals surface area contributed by atoms with E-state index in [0.29, 0.717) is 19.4 Å². The van der Waals surface area contributed by atoms with Gasteiger partial charge in [0.1, 0.15) is 11.7 Å². The monoisotopic (exact) mass is 268 g/mol. The molecule has 19 heavy (non-hydrogen) atoms. The maximum absolute atomic E-state index is 10.2. The topological polar surface area (TPSA) is 73.2 Å². The Hall–Kier alpha value is -0.420. The highest BCUT2D eigenvalue weighted by Crippen LogP contribution is 2.66. The molecule has 2 aliphatic carbocycles. The van der Waals surface area contributed by atoms with E-state index in [4.69, 9.17) is 4.74 Å². The lowest BCUT2D eigenvalue weighted by Crippen LogP contribution is -2.50. The van der Waals surface area contributed by atoms with Crippen molar-refractivity contribution in [3.8, 4) is 0 Å². The average Bonchev–Trinajstić information content (AvgIpc) is 3.10. The van der Waals surface area contributed by atoms with Crippen molar-refractivity contribution >= 4 is 0 Å². The van der Waals surface area contributed by atoms with Crippen molar-refractivity contribution < 1.29 is 20.1 Å². The van der Waals surface area contributed by atoms with Crippen LogP contribution in [0, 0.1) is 10.8 Å². The van der Waals surface area contributed by atoms with Gasteiger partial charge in [0.2, 0.25) is 0 Å². The molecule has 0 amide bonds. The molecule has 3 rings (SSSR count). The summed E-state index contributed by atoms with van der Waals surface area (Å²) in [5.41, 5.74) is -1.83. The molecule has 3 N–H and O–H groups in total. The molecule has 4 heteroatoms. The molecule has 4 nitrogen and oxygen atoms in total. The first-order chi connectivity index (χ1) is 8.66. The highest BCUT2D eigenvalue weighted by molar-refractivity contribution is 5.27. The molecule has 2 fully saturated rings. The number of allylic oxidation sites excluding steroid dienone is 1. The zero-order valence-corrected chi connectivity index (χ0v) is 11.9. The summed E-state index contributed by atoms with van der Waals surface area (Å²) in [6.45, 7) is 6.57. The normalized spacial score (nSPS) is 60.7. The molecule has 1 heterocycles. The number of rotatable bonds is 1. The molecule has 1 spiro atoms. The van der Waals surface area contributed by atoms with Crippen LogP contribution in [0.3, 0.4) is 0 Å². The number of aliphatic hydroxyl groups excluding tert-OH is 2. The van der Waals surface area contributed by atoms with Gasteiger partial charge in [0, 0.05) is 5.41 Å². The minimum Gasteiger partial charge on any atom is -0.390 e. The van der Waals surface area contributed by atoms with Crippen LogP contribution in [0.25, 0.3) is 0 Å².